The van der Waals surface area contributed by atoms with Crippen molar-refractivity contribution < 1.29 is 9.53 Å². The number of hydrogen-bond donors (Lipinski definition) is 1. The van der Waals surface area contributed by atoms with Crippen molar-refractivity contribution in [2.45, 2.75) is 52.7 Å². The van der Waals surface area contributed by atoms with E-state index in [1.807, 2.05) is 26.8 Å². The number of carbonyl (C=O) groups excluding carboxylic acids is 1. The van der Waals surface area contributed by atoms with Crippen molar-refractivity contribution in [3.8, 4) is 0 Å². The lowest BCUT2D eigenvalue weighted by Gasteiger charge is -2.33. The SMILES string of the molecule is Cc1ccccc1Cn1c(N2CCC(CNC(=O)OC(C)(C)C)CC2)nc2ccccc21. The Morgan fingerprint density at radius 3 is 2.50 bits per heavy atom. The molecule has 6 nitrogen and oxygen atoms in total. The molecule has 2 aromatic carbocycles. The Hall–Kier alpha value is -3.02. The first-order chi connectivity index (χ1) is 15.3. The summed E-state index contributed by atoms with van der Waals surface area (Å²) in [4.78, 5) is 19.4. The zero-order chi connectivity index (χ0) is 22.7. The number of benzene rings is 2. The average Bonchev–Trinajstić information content (AvgIpc) is 3.11. The smallest absolute Gasteiger partial charge is 0.407 e. The van der Waals surface area contributed by atoms with Crippen molar-refractivity contribution in [1.29, 1.82) is 0 Å². The molecule has 4 rings (SSSR count). The van der Waals surface area contributed by atoms with Gasteiger partial charge in [0.15, 0.2) is 0 Å². The van der Waals surface area contributed by atoms with Gasteiger partial charge in [0, 0.05) is 19.6 Å². The zero-order valence-electron chi connectivity index (χ0n) is 19.6. The van der Waals surface area contributed by atoms with Gasteiger partial charge < -0.3 is 19.5 Å². The second kappa shape index (κ2) is 9.23. The first-order valence-corrected chi connectivity index (χ1v) is 11.5. The Balaban J connectivity index is 1.45. The molecule has 6 heteroatoms. The van der Waals surface area contributed by atoms with Crippen LogP contribution in [-0.4, -0.2) is 40.9 Å². The van der Waals surface area contributed by atoms with Crippen LogP contribution < -0.4 is 10.2 Å². The predicted molar refractivity (Wildman–Crippen MR) is 129 cm³/mol. The van der Waals surface area contributed by atoms with Crippen molar-refractivity contribution in [3.63, 3.8) is 0 Å². The van der Waals surface area contributed by atoms with Crippen LogP contribution in [0.15, 0.2) is 48.5 Å². The topological polar surface area (TPSA) is 59.4 Å². The molecule has 3 aromatic rings. The minimum Gasteiger partial charge on any atom is -0.444 e. The number of ether oxygens (including phenoxy) is 1. The number of hydrogen-bond acceptors (Lipinski definition) is 4. The first-order valence-electron chi connectivity index (χ1n) is 11.5. The first kappa shape index (κ1) is 22.2. The van der Waals surface area contributed by atoms with Crippen LogP contribution in [0.5, 0.6) is 0 Å². The number of nitrogens with zero attached hydrogens (tertiary/aromatic N) is 3. The number of aromatic nitrogens is 2. The van der Waals surface area contributed by atoms with Gasteiger partial charge in [-0.1, -0.05) is 36.4 Å². The van der Waals surface area contributed by atoms with Gasteiger partial charge in [0.25, 0.3) is 0 Å². The van der Waals surface area contributed by atoms with E-state index in [1.54, 1.807) is 0 Å². The summed E-state index contributed by atoms with van der Waals surface area (Å²) in [6, 6.07) is 16.9. The van der Waals surface area contributed by atoms with Crippen LogP contribution in [0.4, 0.5) is 10.7 Å². The molecular formula is C26H34N4O2. The highest BCUT2D eigenvalue weighted by molar-refractivity contribution is 5.79. The Bertz CT molecular complexity index is 1070. The molecule has 1 N–H and O–H groups in total. The second-order valence-electron chi connectivity index (χ2n) is 9.73. The fraction of sp³-hybridized carbons (Fsp3) is 0.462. The number of para-hydroxylation sites is 2. The highest BCUT2D eigenvalue weighted by Gasteiger charge is 2.25. The molecule has 1 aliphatic heterocycles. The summed E-state index contributed by atoms with van der Waals surface area (Å²) in [7, 11) is 0. The zero-order valence-corrected chi connectivity index (χ0v) is 19.6. The molecule has 1 aliphatic rings. The van der Waals surface area contributed by atoms with E-state index in [0.29, 0.717) is 12.5 Å². The van der Waals surface area contributed by atoms with Crippen LogP contribution in [0.1, 0.15) is 44.7 Å². The van der Waals surface area contributed by atoms with Gasteiger partial charge in [0.05, 0.1) is 17.6 Å². The molecule has 2 heterocycles. The number of carbonyl (C=O) groups is 1. The number of aryl methyl sites for hydroxylation is 1. The van der Waals surface area contributed by atoms with Gasteiger partial charge in [0.2, 0.25) is 5.95 Å². The minimum atomic E-state index is -0.469. The van der Waals surface area contributed by atoms with E-state index in [4.69, 9.17) is 9.72 Å². The molecule has 0 bridgehead atoms. The number of rotatable bonds is 5. The molecule has 1 amide bonds. The summed E-state index contributed by atoms with van der Waals surface area (Å²) in [6.45, 7) is 11.1. The second-order valence-corrected chi connectivity index (χ2v) is 9.73. The summed E-state index contributed by atoms with van der Waals surface area (Å²) in [5.74, 6) is 1.49. The van der Waals surface area contributed by atoms with Crippen molar-refractivity contribution in [2.75, 3.05) is 24.5 Å². The van der Waals surface area contributed by atoms with Gasteiger partial charge in [-0.05, 0) is 69.7 Å². The maximum Gasteiger partial charge on any atom is 0.407 e. The van der Waals surface area contributed by atoms with Gasteiger partial charge >= 0.3 is 6.09 Å². The molecule has 1 fully saturated rings. The van der Waals surface area contributed by atoms with Crippen LogP contribution in [0.2, 0.25) is 0 Å². The Kier molecular flexibility index (Phi) is 6.40. The lowest BCUT2D eigenvalue weighted by molar-refractivity contribution is 0.0516. The quantitative estimate of drug-likeness (QED) is 0.604. The molecule has 170 valence electrons. The Labute approximate surface area is 190 Å². The molecule has 32 heavy (non-hydrogen) atoms. The van der Waals surface area contributed by atoms with Crippen LogP contribution >= 0.6 is 0 Å². The van der Waals surface area contributed by atoms with E-state index in [1.165, 1.54) is 16.6 Å². The number of piperidine rings is 1. The van der Waals surface area contributed by atoms with Crippen molar-refractivity contribution in [2.24, 2.45) is 5.92 Å². The van der Waals surface area contributed by atoms with Gasteiger partial charge in [0.1, 0.15) is 5.60 Å². The highest BCUT2D eigenvalue weighted by atomic mass is 16.6. The molecular weight excluding hydrogens is 400 g/mol. The molecule has 0 atom stereocenters. The van der Waals surface area contributed by atoms with Crippen LogP contribution in [0.3, 0.4) is 0 Å². The number of nitrogens with one attached hydrogen (secondary N) is 1. The van der Waals surface area contributed by atoms with Gasteiger partial charge in [-0.3, -0.25) is 0 Å². The molecule has 0 unspecified atom stereocenters. The lowest BCUT2D eigenvalue weighted by Crippen LogP contribution is -2.41. The van der Waals surface area contributed by atoms with Crippen LogP contribution in [0.25, 0.3) is 11.0 Å². The van der Waals surface area contributed by atoms with E-state index < -0.39 is 5.60 Å². The van der Waals surface area contributed by atoms with E-state index >= 15 is 0 Å². The Morgan fingerprint density at radius 2 is 1.78 bits per heavy atom. The summed E-state index contributed by atoms with van der Waals surface area (Å²) >= 11 is 0. The summed E-state index contributed by atoms with van der Waals surface area (Å²) in [5.41, 5.74) is 4.34. The fourth-order valence-electron chi connectivity index (χ4n) is 4.30. The molecule has 0 radical (unpaired) electrons. The number of amides is 1. The summed E-state index contributed by atoms with van der Waals surface area (Å²) in [6.07, 6.45) is 1.70. The summed E-state index contributed by atoms with van der Waals surface area (Å²) < 4.78 is 7.71. The molecule has 1 saturated heterocycles. The number of imidazole rings is 1. The van der Waals surface area contributed by atoms with Gasteiger partial charge in [-0.2, -0.15) is 0 Å². The average molecular weight is 435 g/mol. The maximum absolute atomic E-state index is 12.0. The van der Waals surface area contributed by atoms with Crippen molar-refractivity contribution >= 4 is 23.1 Å². The highest BCUT2D eigenvalue weighted by Crippen LogP contribution is 2.28. The third kappa shape index (κ3) is 5.23. The number of alkyl carbamates (subject to hydrolysis) is 1. The van der Waals surface area contributed by atoms with Crippen molar-refractivity contribution in [3.05, 3.63) is 59.7 Å². The normalized spacial score (nSPS) is 15.2. The third-order valence-corrected chi connectivity index (χ3v) is 6.06. The lowest BCUT2D eigenvalue weighted by atomic mass is 9.97. The predicted octanol–water partition coefficient (Wildman–Crippen LogP) is 5.13. The molecule has 0 saturated carbocycles. The van der Waals surface area contributed by atoms with E-state index in [-0.39, 0.29) is 6.09 Å². The van der Waals surface area contributed by atoms with Gasteiger partial charge in [-0.15, -0.1) is 0 Å². The molecule has 0 spiro atoms. The number of fused-ring (bicyclic) bond motifs is 1. The number of anilines is 1. The summed E-state index contributed by atoms with van der Waals surface area (Å²) in [5, 5.41) is 2.93. The van der Waals surface area contributed by atoms with E-state index in [0.717, 1.165) is 43.9 Å². The van der Waals surface area contributed by atoms with E-state index in [9.17, 15) is 4.79 Å². The van der Waals surface area contributed by atoms with Crippen LogP contribution in [-0.2, 0) is 11.3 Å². The monoisotopic (exact) mass is 434 g/mol. The Morgan fingerprint density at radius 1 is 1.09 bits per heavy atom. The van der Waals surface area contributed by atoms with Gasteiger partial charge in [-0.25, -0.2) is 9.78 Å². The third-order valence-electron chi connectivity index (χ3n) is 6.06. The molecule has 0 aliphatic carbocycles. The molecule has 1 aromatic heterocycles. The fourth-order valence-corrected chi connectivity index (χ4v) is 4.30. The van der Waals surface area contributed by atoms with Crippen molar-refractivity contribution in [1.82, 2.24) is 14.9 Å². The largest absolute Gasteiger partial charge is 0.444 e. The van der Waals surface area contributed by atoms with E-state index in [2.05, 4.69) is 64.2 Å². The minimum absolute atomic E-state index is 0.333. The van der Waals surface area contributed by atoms with Crippen LogP contribution in [0, 0.1) is 12.8 Å². The maximum atomic E-state index is 12.0. The standard InChI is InChI=1S/C26H34N4O2/c1-19-9-5-6-10-21(19)18-30-23-12-8-7-11-22(23)28-24(30)29-15-13-20(14-16-29)17-27-25(31)32-26(2,3)4/h5-12,20H,13-18H2,1-4H3,(H,27,31).